The smallest absolute Gasteiger partial charge is 0.237 e. The number of benzene rings is 2. The van der Waals surface area contributed by atoms with Crippen LogP contribution in [0.2, 0.25) is 0 Å². The van der Waals surface area contributed by atoms with Crippen LogP contribution in [0.5, 0.6) is 0 Å². The van der Waals surface area contributed by atoms with Gasteiger partial charge in [-0.3, -0.25) is 4.79 Å². The Hall–Kier alpha value is -2.47. The van der Waals surface area contributed by atoms with Gasteiger partial charge in [-0.1, -0.05) is 30.0 Å². The van der Waals surface area contributed by atoms with Gasteiger partial charge in [0.1, 0.15) is 17.2 Å². The standard InChI is InChI=1S/C17H14FN3OS/c1-11(16(22)21-13-8-6-12(18)7-9-13)23-17-14-4-2-3-5-15(14)19-10-20-17/h2-11H,1H3,(H,21,22)/t11-/m1/s1. The van der Waals surface area contributed by atoms with E-state index in [2.05, 4.69) is 15.3 Å². The number of thioether (sulfide) groups is 1. The van der Waals surface area contributed by atoms with Crippen molar-refractivity contribution in [3.63, 3.8) is 0 Å². The molecule has 0 radical (unpaired) electrons. The van der Waals surface area contributed by atoms with E-state index in [1.165, 1.54) is 42.4 Å². The molecule has 3 aromatic rings. The summed E-state index contributed by atoms with van der Waals surface area (Å²) in [5.41, 5.74) is 1.41. The maximum atomic E-state index is 12.9. The predicted octanol–water partition coefficient (Wildman–Crippen LogP) is 3.89. The van der Waals surface area contributed by atoms with Gasteiger partial charge in [-0.15, -0.1) is 0 Å². The number of rotatable bonds is 4. The van der Waals surface area contributed by atoms with Crippen LogP contribution in [0.25, 0.3) is 10.9 Å². The maximum Gasteiger partial charge on any atom is 0.237 e. The summed E-state index contributed by atoms with van der Waals surface area (Å²) in [4.78, 5) is 20.7. The number of aromatic nitrogens is 2. The van der Waals surface area contributed by atoms with Crippen LogP contribution >= 0.6 is 11.8 Å². The number of amides is 1. The van der Waals surface area contributed by atoms with E-state index in [9.17, 15) is 9.18 Å². The summed E-state index contributed by atoms with van der Waals surface area (Å²) < 4.78 is 12.9. The van der Waals surface area contributed by atoms with Crippen LogP contribution in [0, 0.1) is 5.82 Å². The van der Waals surface area contributed by atoms with Gasteiger partial charge in [0.2, 0.25) is 5.91 Å². The highest BCUT2D eigenvalue weighted by atomic mass is 32.2. The number of nitrogens with zero attached hydrogens (tertiary/aromatic N) is 2. The lowest BCUT2D eigenvalue weighted by Gasteiger charge is -2.12. The molecule has 1 N–H and O–H groups in total. The predicted molar refractivity (Wildman–Crippen MR) is 89.9 cm³/mol. The Kier molecular flexibility index (Phi) is 4.52. The van der Waals surface area contributed by atoms with Crippen LogP contribution in [-0.2, 0) is 4.79 Å². The van der Waals surface area contributed by atoms with Crippen LogP contribution in [-0.4, -0.2) is 21.1 Å². The number of fused-ring (bicyclic) bond motifs is 1. The van der Waals surface area contributed by atoms with Crippen molar-refractivity contribution in [2.45, 2.75) is 17.2 Å². The highest BCUT2D eigenvalue weighted by Gasteiger charge is 2.17. The molecule has 6 heteroatoms. The van der Waals surface area contributed by atoms with Crippen molar-refractivity contribution in [2.75, 3.05) is 5.32 Å². The molecule has 0 bridgehead atoms. The highest BCUT2D eigenvalue weighted by Crippen LogP contribution is 2.28. The zero-order valence-corrected chi connectivity index (χ0v) is 13.2. The maximum absolute atomic E-state index is 12.9. The average molecular weight is 327 g/mol. The number of carbonyl (C=O) groups excluding carboxylic acids is 1. The molecule has 1 atom stereocenters. The Labute approximate surface area is 137 Å². The number of para-hydroxylation sites is 1. The van der Waals surface area contributed by atoms with Gasteiger partial charge in [0, 0.05) is 11.1 Å². The van der Waals surface area contributed by atoms with Crippen LogP contribution in [0.1, 0.15) is 6.92 Å². The minimum Gasteiger partial charge on any atom is -0.325 e. The molecule has 23 heavy (non-hydrogen) atoms. The van der Waals surface area contributed by atoms with Crippen molar-refractivity contribution < 1.29 is 9.18 Å². The molecule has 4 nitrogen and oxygen atoms in total. The Bertz CT molecular complexity index is 833. The molecule has 0 aliphatic rings. The van der Waals surface area contributed by atoms with Gasteiger partial charge in [0.15, 0.2) is 0 Å². The SMILES string of the molecule is C[C@@H](Sc1ncnc2ccccc12)C(=O)Nc1ccc(F)cc1. The summed E-state index contributed by atoms with van der Waals surface area (Å²) in [6.45, 7) is 1.81. The second-order valence-corrected chi connectivity index (χ2v) is 6.28. The Morgan fingerprint density at radius 3 is 2.65 bits per heavy atom. The number of hydrogen-bond donors (Lipinski definition) is 1. The van der Waals surface area contributed by atoms with Gasteiger partial charge in [0.25, 0.3) is 0 Å². The Balaban J connectivity index is 1.73. The van der Waals surface area contributed by atoms with E-state index in [1.54, 1.807) is 6.92 Å². The van der Waals surface area contributed by atoms with Gasteiger partial charge in [0.05, 0.1) is 10.8 Å². The molecule has 0 aliphatic heterocycles. The fourth-order valence-electron chi connectivity index (χ4n) is 2.07. The zero-order chi connectivity index (χ0) is 16.2. The minimum absolute atomic E-state index is 0.163. The fourth-order valence-corrected chi connectivity index (χ4v) is 2.98. The lowest BCUT2D eigenvalue weighted by Crippen LogP contribution is -2.22. The van der Waals surface area contributed by atoms with Crippen molar-refractivity contribution >= 4 is 34.3 Å². The topological polar surface area (TPSA) is 54.9 Å². The first-order valence-electron chi connectivity index (χ1n) is 7.06. The van der Waals surface area contributed by atoms with Crippen molar-refractivity contribution in [3.8, 4) is 0 Å². The third-order valence-corrected chi connectivity index (χ3v) is 4.39. The largest absolute Gasteiger partial charge is 0.325 e. The van der Waals surface area contributed by atoms with E-state index in [0.717, 1.165) is 15.9 Å². The molecule has 116 valence electrons. The van der Waals surface area contributed by atoms with E-state index < -0.39 is 0 Å². The molecule has 0 saturated carbocycles. The summed E-state index contributed by atoms with van der Waals surface area (Å²) in [6, 6.07) is 13.4. The second kappa shape index (κ2) is 6.75. The van der Waals surface area contributed by atoms with E-state index in [0.29, 0.717) is 5.69 Å². The molecule has 1 amide bonds. The van der Waals surface area contributed by atoms with Crippen molar-refractivity contribution in [2.24, 2.45) is 0 Å². The van der Waals surface area contributed by atoms with E-state index >= 15 is 0 Å². The molecule has 1 aromatic heterocycles. The van der Waals surface area contributed by atoms with Crippen molar-refractivity contribution in [1.82, 2.24) is 9.97 Å². The molecule has 0 aliphatic carbocycles. The molecular formula is C17H14FN3OS. The molecule has 0 saturated heterocycles. The lowest BCUT2D eigenvalue weighted by molar-refractivity contribution is -0.115. The molecule has 3 rings (SSSR count). The molecule has 0 unspecified atom stereocenters. The van der Waals surface area contributed by atoms with Crippen LogP contribution in [0.3, 0.4) is 0 Å². The van der Waals surface area contributed by atoms with Gasteiger partial charge >= 0.3 is 0 Å². The molecule has 2 aromatic carbocycles. The molecule has 0 fully saturated rings. The molecule has 0 spiro atoms. The monoisotopic (exact) mass is 327 g/mol. The average Bonchev–Trinajstić information content (AvgIpc) is 2.57. The zero-order valence-electron chi connectivity index (χ0n) is 12.4. The van der Waals surface area contributed by atoms with Crippen LogP contribution < -0.4 is 5.32 Å². The van der Waals surface area contributed by atoms with Gasteiger partial charge in [-0.2, -0.15) is 0 Å². The first kappa shape index (κ1) is 15.4. The van der Waals surface area contributed by atoms with E-state index in [1.807, 2.05) is 24.3 Å². The number of carbonyl (C=O) groups is 1. The Morgan fingerprint density at radius 2 is 1.87 bits per heavy atom. The van der Waals surface area contributed by atoms with E-state index in [4.69, 9.17) is 0 Å². The number of hydrogen-bond acceptors (Lipinski definition) is 4. The number of halogens is 1. The Morgan fingerprint density at radius 1 is 1.13 bits per heavy atom. The van der Waals surface area contributed by atoms with Crippen LogP contribution in [0.4, 0.5) is 10.1 Å². The second-order valence-electron chi connectivity index (χ2n) is 4.95. The lowest BCUT2D eigenvalue weighted by atomic mass is 10.2. The number of anilines is 1. The highest BCUT2D eigenvalue weighted by molar-refractivity contribution is 8.00. The fraction of sp³-hybridized carbons (Fsp3) is 0.118. The van der Waals surface area contributed by atoms with Gasteiger partial charge in [-0.05, 0) is 37.3 Å². The third kappa shape index (κ3) is 3.65. The van der Waals surface area contributed by atoms with Crippen molar-refractivity contribution in [1.29, 1.82) is 0 Å². The summed E-state index contributed by atoms with van der Waals surface area (Å²) in [7, 11) is 0. The summed E-state index contributed by atoms with van der Waals surface area (Å²) in [6.07, 6.45) is 1.50. The van der Waals surface area contributed by atoms with Crippen molar-refractivity contribution in [3.05, 3.63) is 60.7 Å². The minimum atomic E-state index is -0.349. The summed E-state index contributed by atoms with van der Waals surface area (Å²) >= 11 is 1.37. The van der Waals surface area contributed by atoms with E-state index in [-0.39, 0.29) is 17.0 Å². The summed E-state index contributed by atoms with van der Waals surface area (Å²) in [5.74, 6) is -0.498. The first-order valence-corrected chi connectivity index (χ1v) is 7.94. The quantitative estimate of drug-likeness (QED) is 0.583. The molecule has 1 heterocycles. The van der Waals surface area contributed by atoms with Gasteiger partial charge in [-0.25, -0.2) is 14.4 Å². The van der Waals surface area contributed by atoms with Crippen LogP contribution in [0.15, 0.2) is 59.9 Å². The van der Waals surface area contributed by atoms with Gasteiger partial charge < -0.3 is 5.32 Å². The number of nitrogens with one attached hydrogen (secondary N) is 1. The first-order chi connectivity index (χ1) is 11.1. The molecular weight excluding hydrogens is 313 g/mol. The normalized spacial score (nSPS) is 12.1. The third-order valence-electron chi connectivity index (χ3n) is 3.28. The summed E-state index contributed by atoms with van der Waals surface area (Å²) in [5, 5.41) is 4.10.